The quantitative estimate of drug-likeness (QED) is 0.819. The number of nitrogens with zero attached hydrogens (tertiary/aromatic N) is 1. The van der Waals surface area contributed by atoms with Crippen molar-refractivity contribution in [2.24, 2.45) is 11.7 Å². The van der Waals surface area contributed by atoms with Crippen LogP contribution in [0, 0.1) is 12.8 Å². The Kier molecular flexibility index (Phi) is 4.43. The molecule has 0 saturated heterocycles. The molecule has 0 saturated carbocycles. The molecule has 1 aromatic rings. The molecular weight excluding hydrogens is 246 g/mol. The van der Waals surface area contributed by atoms with E-state index in [0.717, 1.165) is 16.3 Å². The van der Waals surface area contributed by atoms with Crippen LogP contribution in [0.2, 0.25) is 0 Å². The molecule has 0 aliphatic heterocycles. The normalized spacial score (nSPS) is 14.3. The van der Waals surface area contributed by atoms with E-state index in [1.807, 2.05) is 13.8 Å². The van der Waals surface area contributed by atoms with Gasteiger partial charge in [-0.25, -0.2) is 18.1 Å². The zero-order valence-corrected chi connectivity index (χ0v) is 11.2. The van der Waals surface area contributed by atoms with Crippen molar-refractivity contribution in [2.45, 2.75) is 31.0 Å². The highest BCUT2D eigenvalue weighted by molar-refractivity contribution is 7.91. The van der Waals surface area contributed by atoms with Crippen LogP contribution in [0.15, 0.2) is 10.4 Å². The molecular formula is C9H17N3O2S2. The molecule has 0 aromatic carbocycles. The smallest absolute Gasteiger partial charge is 0.251 e. The fourth-order valence-corrected chi connectivity index (χ4v) is 3.20. The molecule has 3 N–H and O–H groups in total. The molecule has 92 valence electrons. The van der Waals surface area contributed by atoms with Crippen molar-refractivity contribution in [3.05, 3.63) is 11.2 Å². The molecule has 0 aliphatic carbocycles. The summed E-state index contributed by atoms with van der Waals surface area (Å²) >= 11 is 1.15. The van der Waals surface area contributed by atoms with Gasteiger partial charge in [0.15, 0.2) is 4.21 Å². The van der Waals surface area contributed by atoms with Crippen LogP contribution in [-0.2, 0) is 10.0 Å². The number of thiazole rings is 1. The second kappa shape index (κ2) is 5.22. The monoisotopic (exact) mass is 263 g/mol. The predicted molar refractivity (Wildman–Crippen MR) is 64.9 cm³/mol. The Morgan fingerprint density at radius 2 is 2.19 bits per heavy atom. The second-order valence-corrected chi connectivity index (χ2v) is 7.19. The zero-order chi connectivity index (χ0) is 12.3. The number of rotatable bonds is 5. The summed E-state index contributed by atoms with van der Waals surface area (Å²) in [5.74, 6) is 0.242. The lowest BCUT2D eigenvalue weighted by atomic mass is 10.1. The number of aryl methyl sites for hydroxylation is 1. The number of sulfonamides is 1. The van der Waals surface area contributed by atoms with E-state index in [9.17, 15) is 8.42 Å². The van der Waals surface area contributed by atoms with Crippen LogP contribution < -0.4 is 10.5 Å². The fraction of sp³-hybridized carbons (Fsp3) is 0.667. The molecule has 5 nitrogen and oxygen atoms in total. The van der Waals surface area contributed by atoms with E-state index in [-0.39, 0.29) is 22.7 Å². The summed E-state index contributed by atoms with van der Waals surface area (Å²) < 4.78 is 26.3. The highest BCUT2D eigenvalue weighted by Crippen LogP contribution is 2.17. The van der Waals surface area contributed by atoms with E-state index in [2.05, 4.69) is 9.71 Å². The maximum absolute atomic E-state index is 11.8. The number of hydrogen-bond donors (Lipinski definition) is 2. The highest BCUT2D eigenvalue weighted by Gasteiger charge is 2.18. The zero-order valence-electron chi connectivity index (χ0n) is 9.60. The van der Waals surface area contributed by atoms with Crippen LogP contribution in [0.1, 0.15) is 18.9 Å². The summed E-state index contributed by atoms with van der Waals surface area (Å²) in [5, 5.41) is 0.730. The number of aromatic nitrogens is 1. The molecule has 1 atom stereocenters. The van der Waals surface area contributed by atoms with Crippen LogP contribution in [0.5, 0.6) is 0 Å². The Hall–Kier alpha value is -0.500. The molecule has 0 radical (unpaired) electrons. The third kappa shape index (κ3) is 3.51. The van der Waals surface area contributed by atoms with Crippen molar-refractivity contribution in [2.75, 3.05) is 6.54 Å². The van der Waals surface area contributed by atoms with Crippen LogP contribution in [-0.4, -0.2) is 26.0 Å². The van der Waals surface area contributed by atoms with Gasteiger partial charge in [0.05, 0.1) is 11.2 Å². The van der Waals surface area contributed by atoms with Crippen molar-refractivity contribution < 1.29 is 8.42 Å². The molecule has 0 spiro atoms. The predicted octanol–water partition coefficient (Wildman–Crippen LogP) is 0.713. The third-order valence-electron chi connectivity index (χ3n) is 2.23. The Bertz CT molecular complexity index is 439. The Labute approximate surface area is 100 Å². The van der Waals surface area contributed by atoms with Crippen LogP contribution in [0.4, 0.5) is 0 Å². The van der Waals surface area contributed by atoms with E-state index in [0.29, 0.717) is 0 Å². The van der Waals surface area contributed by atoms with Gasteiger partial charge >= 0.3 is 0 Å². The first-order valence-electron chi connectivity index (χ1n) is 5.00. The number of hydrogen-bond acceptors (Lipinski definition) is 5. The van der Waals surface area contributed by atoms with Gasteiger partial charge in [0.2, 0.25) is 0 Å². The molecule has 0 fully saturated rings. The Morgan fingerprint density at radius 3 is 2.62 bits per heavy atom. The van der Waals surface area contributed by atoms with Crippen molar-refractivity contribution >= 4 is 21.4 Å². The van der Waals surface area contributed by atoms with E-state index in [1.54, 1.807) is 6.92 Å². The van der Waals surface area contributed by atoms with E-state index >= 15 is 0 Å². The van der Waals surface area contributed by atoms with Gasteiger partial charge in [0, 0.05) is 12.6 Å². The minimum Gasteiger partial charge on any atom is -0.326 e. The molecule has 1 aromatic heterocycles. The molecule has 7 heteroatoms. The van der Waals surface area contributed by atoms with Gasteiger partial charge in [0.1, 0.15) is 0 Å². The maximum atomic E-state index is 11.8. The van der Waals surface area contributed by atoms with Gasteiger partial charge in [-0.3, -0.25) is 0 Å². The van der Waals surface area contributed by atoms with Gasteiger partial charge in [0.25, 0.3) is 10.0 Å². The van der Waals surface area contributed by atoms with E-state index in [4.69, 9.17) is 5.73 Å². The molecule has 1 heterocycles. The topological polar surface area (TPSA) is 85.1 Å². The lowest BCUT2D eigenvalue weighted by Gasteiger charge is -2.15. The summed E-state index contributed by atoms with van der Waals surface area (Å²) in [5.41, 5.74) is 5.77. The largest absolute Gasteiger partial charge is 0.326 e. The summed E-state index contributed by atoms with van der Waals surface area (Å²) in [6.45, 7) is 5.92. The van der Waals surface area contributed by atoms with Crippen LogP contribution in [0.25, 0.3) is 0 Å². The number of nitrogens with two attached hydrogens (primary N) is 1. The fourth-order valence-electron chi connectivity index (χ4n) is 0.979. The lowest BCUT2D eigenvalue weighted by Crippen LogP contribution is -2.40. The second-order valence-electron chi connectivity index (χ2n) is 3.96. The number of nitrogens with one attached hydrogen (secondary N) is 1. The van der Waals surface area contributed by atoms with Crippen LogP contribution in [0.3, 0.4) is 0 Å². The first kappa shape index (κ1) is 13.6. The average Bonchev–Trinajstić information content (AvgIpc) is 2.61. The molecule has 1 rings (SSSR count). The summed E-state index contributed by atoms with van der Waals surface area (Å²) in [4.78, 5) is 3.91. The molecule has 1 unspecified atom stereocenters. The first-order valence-corrected chi connectivity index (χ1v) is 7.30. The molecule has 0 aliphatic rings. The molecule has 0 amide bonds. The minimum atomic E-state index is -3.44. The summed E-state index contributed by atoms with van der Waals surface area (Å²) in [7, 11) is -3.44. The van der Waals surface area contributed by atoms with Crippen molar-refractivity contribution in [1.29, 1.82) is 0 Å². The molecule has 0 bridgehead atoms. The Morgan fingerprint density at radius 1 is 1.56 bits per heavy atom. The van der Waals surface area contributed by atoms with Gasteiger partial charge in [-0.2, -0.15) is 0 Å². The van der Waals surface area contributed by atoms with Gasteiger partial charge in [-0.15, -0.1) is 11.3 Å². The van der Waals surface area contributed by atoms with E-state index < -0.39 is 10.0 Å². The standard InChI is InChI=1S/C9H17N3O2S2/c1-6(2)8(10)4-12-16(13,14)9-5-11-7(3)15-9/h5-6,8,12H,4,10H2,1-3H3. The lowest BCUT2D eigenvalue weighted by molar-refractivity contribution is 0.482. The van der Waals surface area contributed by atoms with Gasteiger partial charge in [-0.05, 0) is 12.8 Å². The van der Waals surface area contributed by atoms with Crippen LogP contribution >= 0.6 is 11.3 Å². The Balaban J connectivity index is 2.67. The highest BCUT2D eigenvalue weighted by atomic mass is 32.2. The third-order valence-corrected chi connectivity index (χ3v) is 5.03. The summed E-state index contributed by atoms with van der Waals surface area (Å²) in [6.07, 6.45) is 1.36. The average molecular weight is 263 g/mol. The van der Waals surface area contributed by atoms with Crippen molar-refractivity contribution in [1.82, 2.24) is 9.71 Å². The van der Waals surface area contributed by atoms with Crippen molar-refractivity contribution in [3.63, 3.8) is 0 Å². The molecule has 16 heavy (non-hydrogen) atoms. The first-order chi connectivity index (χ1) is 7.33. The summed E-state index contributed by atoms with van der Waals surface area (Å²) in [6, 6.07) is -0.177. The van der Waals surface area contributed by atoms with Crippen molar-refractivity contribution in [3.8, 4) is 0 Å². The van der Waals surface area contributed by atoms with Gasteiger partial charge in [-0.1, -0.05) is 13.8 Å². The van der Waals surface area contributed by atoms with E-state index in [1.165, 1.54) is 6.20 Å². The minimum absolute atomic E-state index is 0.177. The maximum Gasteiger partial charge on any atom is 0.251 e. The van der Waals surface area contributed by atoms with Gasteiger partial charge < -0.3 is 5.73 Å². The SMILES string of the molecule is Cc1ncc(S(=O)(=O)NCC(N)C(C)C)s1.